The second-order valence-corrected chi connectivity index (χ2v) is 29.1. The topological polar surface area (TPSA) is 0 Å². The van der Waals surface area contributed by atoms with E-state index in [1.54, 1.807) is 36.3 Å². The highest BCUT2D eigenvalue weighted by Crippen LogP contribution is 2.28. The van der Waals surface area contributed by atoms with E-state index >= 15 is 0 Å². The van der Waals surface area contributed by atoms with Gasteiger partial charge in [-0.1, -0.05) is 77.8 Å². The maximum atomic E-state index is 2.49. The fourth-order valence-corrected chi connectivity index (χ4v) is 46.2. The molecule has 0 aliphatic carbocycles. The van der Waals surface area contributed by atoms with Gasteiger partial charge in [-0.3, -0.25) is 0 Å². The monoisotopic (exact) mass is 260 g/mol. The lowest BCUT2D eigenvalue weighted by atomic mass is 10.9. The second kappa shape index (κ2) is 7.07. The standard InChI is InChI=1S/C12H32Si3/c1-7-14(8-2,9-3)13-15(10-4,11-5)12-6/h7-13H2,1-6H3. The average Bonchev–Trinajstić information content (AvgIpc) is 2.33. The Hall–Kier alpha value is 0.651. The zero-order chi connectivity index (χ0) is 11.9. The third kappa shape index (κ3) is 3.86. The van der Waals surface area contributed by atoms with Crippen LogP contribution < -0.4 is 0 Å². The van der Waals surface area contributed by atoms with Crippen molar-refractivity contribution in [3.8, 4) is 0 Å². The maximum absolute atomic E-state index is 2.49. The molecule has 0 radical (unpaired) electrons. The van der Waals surface area contributed by atoms with Gasteiger partial charge in [0, 0.05) is 23.7 Å². The van der Waals surface area contributed by atoms with Crippen molar-refractivity contribution < 1.29 is 0 Å². The molecule has 0 N–H and O–H groups in total. The molecule has 0 amide bonds. The minimum absolute atomic E-state index is 0.303. The molecule has 0 heterocycles. The third-order valence-corrected chi connectivity index (χ3v) is 42.7. The van der Waals surface area contributed by atoms with Gasteiger partial charge in [-0.05, 0) is 0 Å². The van der Waals surface area contributed by atoms with Crippen molar-refractivity contribution in [1.29, 1.82) is 0 Å². The van der Waals surface area contributed by atoms with Crippen LogP contribution in [-0.4, -0.2) is 23.7 Å². The summed E-state index contributed by atoms with van der Waals surface area (Å²) in [6.07, 6.45) is 0. The van der Waals surface area contributed by atoms with E-state index in [-0.39, 0.29) is 0 Å². The predicted molar refractivity (Wildman–Crippen MR) is 82.9 cm³/mol. The summed E-state index contributed by atoms with van der Waals surface area (Å²) < 4.78 is 0. The SMILES string of the molecule is CC[Si](CC)(CC)[SiH2][Si](CC)(CC)CC. The first-order valence-electron chi connectivity index (χ1n) is 7.07. The number of rotatable bonds is 8. The van der Waals surface area contributed by atoms with Crippen molar-refractivity contribution in [2.75, 3.05) is 0 Å². The highest BCUT2D eigenvalue weighted by atomic mass is 29.6. The lowest BCUT2D eigenvalue weighted by Gasteiger charge is -2.38. The van der Waals surface area contributed by atoms with E-state index in [1.807, 2.05) is 0 Å². The summed E-state index contributed by atoms with van der Waals surface area (Å²) in [5, 5.41) is 0. The van der Waals surface area contributed by atoms with Crippen LogP contribution >= 0.6 is 0 Å². The van der Waals surface area contributed by atoms with Crippen molar-refractivity contribution in [2.24, 2.45) is 0 Å². The molecule has 0 fully saturated rings. The minimum atomic E-state index is -0.715. The highest BCUT2D eigenvalue weighted by molar-refractivity contribution is 7.53. The van der Waals surface area contributed by atoms with Crippen molar-refractivity contribution in [3.63, 3.8) is 0 Å². The predicted octanol–water partition coefficient (Wildman–Crippen LogP) is 4.17. The molecule has 0 saturated heterocycles. The molecule has 0 bridgehead atoms. The molecule has 0 aromatic carbocycles. The molecule has 92 valence electrons. The maximum Gasteiger partial charge on any atom is 0.0369 e. The van der Waals surface area contributed by atoms with Crippen molar-refractivity contribution in [1.82, 2.24) is 0 Å². The molecule has 0 aliphatic heterocycles. The first kappa shape index (κ1) is 15.7. The van der Waals surface area contributed by atoms with E-state index in [1.165, 1.54) is 0 Å². The quantitative estimate of drug-likeness (QED) is 0.575. The second-order valence-electron chi connectivity index (χ2n) is 5.30. The van der Waals surface area contributed by atoms with Gasteiger partial charge in [0.05, 0.1) is 0 Å². The van der Waals surface area contributed by atoms with Gasteiger partial charge in [0.15, 0.2) is 0 Å². The van der Waals surface area contributed by atoms with Gasteiger partial charge in [-0.25, -0.2) is 0 Å². The lowest BCUT2D eigenvalue weighted by molar-refractivity contribution is 1.20. The molecule has 0 aromatic rings. The zero-order valence-electron chi connectivity index (χ0n) is 11.9. The lowest BCUT2D eigenvalue weighted by Crippen LogP contribution is -2.55. The van der Waals surface area contributed by atoms with Crippen LogP contribution in [0.1, 0.15) is 41.5 Å². The molecule has 3 heteroatoms. The normalized spacial score (nSPS) is 13.2. The van der Waals surface area contributed by atoms with Crippen LogP contribution in [0, 0.1) is 0 Å². The Bertz CT molecular complexity index is 126. The van der Waals surface area contributed by atoms with Gasteiger partial charge in [0.2, 0.25) is 0 Å². The van der Waals surface area contributed by atoms with Crippen LogP contribution in [0.4, 0.5) is 0 Å². The van der Waals surface area contributed by atoms with E-state index in [2.05, 4.69) is 41.5 Å². The highest BCUT2D eigenvalue weighted by Gasteiger charge is 2.38. The van der Waals surface area contributed by atoms with E-state index in [9.17, 15) is 0 Å². The molecule has 0 aliphatic rings. The minimum Gasteiger partial charge on any atom is -0.0680 e. The summed E-state index contributed by atoms with van der Waals surface area (Å²) in [7, 11) is -1.13. The van der Waals surface area contributed by atoms with E-state index in [4.69, 9.17) is 0 Å². The smallest absolute Gasteiger partial charge is 0.0369 e. The first-order valence-corrected chi connectivity index (χ1v) is 17.0. The summed E-state index contributed by atoms with van der Waals surface area (Å²) in [5.74, 6) is 0. The molecular weight excluding hydrogens is 228 g/mol. The Balaban J connectivity index is 4.74. The van der Waals surface area contributed by atoms with Crippen LogP contribution in [-0.2, 0) is 0 Å². The Kier molecular flexibility index (Phi) is 7.38. The largest absolute Gasteiger partial charge is 0.0680 e. The van der Waals surface area contributed by atoms with Gasteiger partial charge in [0.25, 0.3) is 0 Å². The van der Waals surface area contributed by atoms with Gasteiger partial charge < -0.3 is 0 Å². The molecule has 15 heavy (non-hydrogen) atoms. The summed E-state index contributed by atoms with van der Waals surface area (Å²) in [6, 6.07) is 9.51. The Labute approximate surface area is 102 Å². The summed E-state index contributed by atoms with van der Waals surface area (Å²) >= 11 is 0. The number of hydrogen-bond acceptors (Lipinski definition) is 0. The molecule has 0 saturated carbocycles. The Morgan fingerprint density at radius 2 is 0.733 bits per heavy atom. The van der Waals surface area contributed by atoms with Crippen LogP contribution in [0.3, 0.4) is 0 Å². The van der Waals surface area contributed by atoms with Gasteiger partial charge in [-0.2, -0.15) is 0 Å². The van der Waals surface area contributed by atoms with Crippen molar-refractivity contribution >= 4 is 23.7 Å². The molecule has 0 atom stereocenters. The van der Waals surface area contributed by atoms with E-state index < -0.39 is 15.2 Å². The van der Waals surface area contributed by atoms with Gasteiger partial charge in [0.1, 0.15) is 0 Å². The molecular formula is C12H32Si3. The van der Waals surface area contributed by atoms with E-state index in [0.717, 1.165) is 0 Å². The molecule has 0 unspecified atom stereocenters. The Morgan fingerprint density at radius 3 is 0.867 bits per heavy atom. The fourth-order valence-electron chi connectivity index (χ4n) is 3.05. The van der Waals surface area contributed by atoms with Crippen LogP contribution in [0.25, 0.3) is 0 Å². The number of hydrogen-bond donors (Lipinski definition) is 0. The summed E-state index contributed by atoms with van der Waals surface area (Å²) in [4.78, 5) is 0. The van der Waals surface area contributed by atoms with Crippen LogP contribution in [0.5, 0.6) is 0 Å². The third-order valence-electron chi connectivity index (χ3n) is 5.25. The van der Waals surface area contributed by atoms with Crippen molar-refractivity contribution in [3.05, 3.63) is 0 Å². The molecule has 0 aromatic heterocycles. The average molecular weight is 261 g/mol. The van der Waals surface area contributed by atoms with E-state index in [0.29, 0.717) is 8.55 Å². The van der Waals surface area contributed by atoms with Crippen molar-refractivity contribution in [2.45, 2.75) is 77.8 Å². The Morgan fingerprint density at radius 1 is 0.533 bits per heavy atom. The summed E-state index contributed by atoms with van der Waals surface area (Å²) in [6.45, 7) is 15.0. The first-order chi connectivity index (χ1) is 7.07. The summed E-state index contributed by atoms with van der Waals surface area (Å²) in [5.41, 5.74) is 0. The van der Waals surface area contributed by atoms with Gasteiger partial charge in [-0.15, -0.1) is 0 Å². The molecule has 0 rings (SSSR count). The van der Waals surface area contributed by atoms with Crippen LogP contribution in [0.15, 0.2) is 0 Å². The molecule has 0 spiro atoms. The van der Waals surface area contributed by atoms with Crippen LogP contribution in [0.2, 0.25) is 36.3 Å². The fraction of sp³-hybridized carbons (Fsp3) is 1.00. The zero-order valence-corrected chi connectivity index (χ0v) is 15.4. The molecule has 0 nitrogen and oxygen atoms in total. The van der Waals surface area contributed by atoms with Gasteiger partial charge >= 0.3 is 0 Å².